The molecule has 1 amide bonds. The molecule has 2 aliphatic rings. The number of sulfone groups is 1. The van der Waals surface area contributed by atoms with E-state index in [0.29, 0.717) is 45.9 Å². The molecule has 0 atom stereocenters. The molecule has 0 aliphatic carbocycles. The Bertz CT molecular complexity index is 1300. The zero-order chi connectivity index (χ0) is 26.0. The molecule has 2 aromatic carbocycles. The van der Waals surface area contributed by atoms with E-state index in [1.165, 1.54) is 5.41 Å². The SMILES string of the molecule is CC(C)CCN(CCC(C)C)C(=O)c1ccc2c(c1)N(C)CC(Nc1ccc3c(c1)S(=O)(=O)C=C3)=N2. The van der Waals surface area contributed by atoms with Crippen LogP contribution < -0.4 is 10.2 Å². The van der Waals surface area contributed by atoms with Gasteiger partial charge in [0.25, 0.3) is 5.91 Å². The minimum Gasteiger partial charge on any atom is -0.365 e. The molecule has 2 aromatic rings. The number of carbonyl (C=O) groups is 1. The molecule has 0 bridgehead atoms. The number of amidine groups is 1. The normalized spacial score (nSPS) is 15.6. The summed E-state index contributed by atoms with van der Waals surface area (Å²) in [6.45, 7) is 10.8. The number of hydrogen-bond donors (Lipinski definition) is 1. The highest BCUT2D eigenvalue weighted by molar-refractivity contribution is 7.94. The van der Waals surface area contributed by atoms with Crippen molar-refractivity contribution in [3.05, 3.63) is 52.9 Å². The lowest BCUT2D eigenvalue weighted by Crippen LogP contribution is -2.35. The van der Waals surface area contributed by atoms with Crippen LogP contribution in [0, 0.1) is 11.8 Å². The molecule has 0 saturated heterocycles. The zero-order valence-corrected chi connectivity index (χ0v) is 22.6. The molecule has 4 rings (SSSR count). The van der Waals surface area contributed by atoms with Gasteiger partial charge in [0.1, 0.15) is 5.84 Å². The molecule has 0 unspecified atom stereocenters. The number of nitrogens with zero attached hydrogens (tertiary/aromatic N) is 3. The summed E-state index contributed by atoms with van der Waals surface area (Å²) in [6, 6.07) is 11.0. The summed E-state index contributed by atoms with van der Waals surface area (Å²) in [5, 5.41) is 4.50. The summed E-state index contributed by atoms with van der Waals surface area (Å²) >= 11 is 0. The predicted molar refractivity (Wildman–Crippen MR) is 148 cm³/mol. The Balaban J connectivity index is 1.53. The summed E-state index contributed by atoms with van der Waals surface area (Å²) in [5.41, 5.74) is 3.72. The van der Waals surface area contributed by atoms with Crippen molar-refractivity contribution in [1.29, 1.82) is 0 Å². The van der Waals surface area contributed by atoms with E-state index in [-0.39, 0.29) is 5.91 Å². The molecule has 36 heavy (non-hydrogen) atoms. The number of benzene rings is 2. The molecule has 0 spiro atoms. The standard InChI is InChI=1S/C28H36N4O3S/c1-19(2)10-13-32(14-11-20(3)4)28(33)22-7-9-24-25(16-22)31(5)18-27(30-24)29-23-8-6-21-12-15-36(34,35)26(21)17-23/h6-9,12,15-17,19-20H,10-11,13-14,18H2,1-5H3,(H,29,30). The molecule has 0 saturated carbocycles. The van der Waals surface area contributed by atoms with Crippen LogP contribution in [-0.2, 0) is 9.84 Å². The number of hydrogen-bond acceptors (Lipinski definition) is 6. The van der Waals surface area contributed by atoms with E-state index in [4.69, 9.17) is 4.99 Å². The van der Waals surface area contributed by atoms with Crippen LogP contribution in [0.1, 0.15) is 56.5 Å². The van der Waals surface area contributed by atoms with E-state index in [2.05, 4.69) is 37.9 Å². The summed E-state index contributed by atoms with van der Waals surface area (Å²) < 4.78 is 24.4. The third-order valence-corrected chi connectivity index (χ3v) is 8.01. The van der Waals surface area contributed by atoms with E-state index >= 15 is 0 Å². The van der Waals surface area contributed by atoms with Gasteiger partial charge >= 0.3 is 0 Å². The summed E-state index contributed by atoms with van der Waals surface area (Å²) in [7, 11) is -1.41. The second kappa shape index (κ2) is 10.5. The lowest BCUT2D eigenvalue weighted by Gasteiger charge is -2.29. The largest absolute Gasteiger partial charge is 0.365 e. The second-order valence-electron chi connectivity index (χ2n) is 10.5. The Hall–Kier alpha value is -3.13. The number of rotatable bonds is 8. The van der Waals surface area contributed by atoms with E-state index in [0.717, 1.165) is 37.3 Å². The molecule has 2 aliphatic heterocycles. The first-order valence-corrected chi connectivity index (χ1v) is 14.1. The quantitative estimate of drug-likeness (QED) is 0.504. The molecule has 192 valence electrons. The second-order valence-corrected chi connectivity index (χ2v) is 12.3. The van der Waals surface area contributed by atoms with Crippen molar-refractivity contribution < 1.29 is 13.2 Å². The average molecular weight is 509 g/mol. The number of amides is 1. The first kappa shape index (κ1) is 25.9. The van der Waals surface area contributed by atoms with Gasteiger partial charge in [0.05, 0.1) is 22.8 Å². The Kier molecular flexibility index (Phi) is 7.54. The van der Waals surface area contributed by atoms with Gasteiger partial charge in [-0.05, 0) is 66.6 Å². The molecular formula is C28H36N4O3S. The Morgan fingerprint density at radius 1 is 1.06 bits per heavy atom. The highest BCUT2D eigenvalue weighted by Gasteiger charge is 2.24. The van der Waals surface area contributed by atoms with E-state index in [9.17, 15) is 13.2 Å². The van der Waals surface area contributed by atoms with Gasteiger partial charge in [-0.15, -0.1) is 0 Å². The molecule has 2 heterocycles. The fraction of sp³-hybridized carbons (Fsp3) is 0.429. The number of aliphatic imine (C=N–C) groups is 1. The number of nitrogens with one attached hydrogen (secondary N) is 1. The van der Waals surface area contributed by atoms with Crippen LogP contribution >= 0.6 is 0 Å². The van der Waals surface area contributed by atoms with Gasteiger partial charge in [0.15, 0.2) is 0 Å². The van der Waals surface area contributed by atoms with Gasteiger partial charge in [0.2, 0.25) is 9.84 Å². The maximum absolute atomic E-state index is 13.4. The van der Waals surface area contributed by atoms with Gasteiger partial charge < -0.3 is 15.1 Å². The molecule has 0 fully saturated rings. The van der Waals surface area contributed by atoms with Crippen molar-refractivity contribution in [3.8, 4) is 0 Å². The highest BCUT2D eigenvalue weighted by atomic mass is 32.2. The van der Waals surface area contributed by atoms with Crippen molar-refractivity contribution in [1.82, 2.24) is 4.90 Å². The number of carbonyl (C=O) groups excluding carboxylic acids is 1. The number of fused-ring (bicyclic) bond motifs is 2. The van der Waals surface area contributed by atoms with Gasteiger partial charge in [-0.2, -0.15) is 0 Å². The monoisotopic (exact) mass is 508 g/mol. The molecule has 8 heteroatoms. The van der Waals surface area contributed by atoms with E-state index in [1.54, 1.807) is 18.2 Å². The third-order valence-electron chi connectivity index (χ3n) is 6.55. The van der Waals surface area contributed by atoms with Crippen molar-refractivity contribution in [2.75, 3.05) is 36.9 Å². The first-order valence-electron chi connectivity index (χ1n) is 12.6. The highest BCUT2D eigenvalue weighted by Crippen LogP contribution is 2.34. The maximum atomic E-state index is 13.4. The fourth-order valence-electron chi connectivity index (χ4n) is 4.34. The molecule has 0 aromatic heterocycles. The van der Waals surface area contributed by atoms with Crippen molar-refractivity contribution in [2.45, 2.75) is 45.4 Å². The Morgan fingerprint density at radius 2 is 1.75 bits per heavy atom. The predicted octanol–water partition coefficient (Wildman–Crippen LogP) is 5.57. The van der Waals surface area contributed by atoms with Crippen LogP contribution in [0.4, 0.5) is 17.1 Å². The van der Waals surface area contributed by atoms with Crippen molar-refractivity contribution in [3.63, 3.8) is 0 Å². The van der Waals surface area contributed by atoms with E-state index < -0.39 is 9.84 Å². The van der Waals surface area contributed by atoms with Crippen molar-refractivity contribution >= 4 is 44.7 Å². The van der Waals surface area contributed by atoms with Crippen LogP contribution in [0.5, 0.6) is 0 Å². The van der Waals surface area contributed by atoms with Crippen LogP contribution in [0.3, 0.4) is 0 Å². The van der Waals surface area contributed by atoms with Gasteiger partial charge in [0, 0.05) is 36.8 Å². The molecule has 7 nitrogen and oxygen atoms in total. The summed E-state index contributed by atoms with van der Waals surface area (Å²) in [6.07, 6.45) is 3.57. The van der Waals surface area contributed by atoms with Gasteiger partial charge in [-0.25, -0.2) is 13.4 Å². The van der Waals surface area contributed by atoms with E-state index in [1.807, 2.05) is 36.2 Å². The van der Waals surface area contributed by atoms with Gasteiger partial charge in [-0.3, -0.25) is 4.79 Å². The lowest BCUT2D eigenvalue weighted by atomic mass is 10.1. The smallest absolute Gasteiger partial charge is 0.253 e. The minimum atomic E-state index is -3.37. The molecule has 0 radical (unpaired) electrons. The van der Waals surface area contributed by atoms with Crippen LogP contribution in [-0.4, -0.2) is 51.7 Å². The number of anilines is 2. The Labute approximate surface area is 214 Å². The van der Waals surface area contributed by atoms with Crippen LogP contribution in [0.25, 0.3) is 6.08 Å². The topological polar surface area (TPSA) is 82.1 Å². The van der Waals surface area contributed by atoms with Crippen molar-refractivity contribution in [2.24, 2.45) is 16.8 Å². The minimum absolute atomic E-state index is 0.0633. The third kappa shape index (κ3) is 5.81. The van der Waals surface area contributed by atoms with Gasteiger partial charge in [-0.1, -0.05) is 33.8 Å². The summed E-state index contributed by atoms with van der Waals surface area (Å²) in [5.74, 6) is 1.85. The van der Waals surface area contributed by atoms with Crippen LogP contribution in [0.2, 0.25) is 0 Å². The first-order chi connectivity index (χ1) is 17.0. The average Bonchev–Trinajstić information content (AvgIpc) is 3.12. The zero-order valence-electron chi connectivity index (χ0n) is 21.8. The lowest BCUT2D eigenvalue weighted by molar-refractivity contribution is 0.0741. The molecule has 1 N–H and O–H groups in total. The number of likely N-dealkylation sites (N-methyl/N-ethyl adjacent to an activating group) is 1. The Morgan fingerprint density at radius 3 is 2.42 bits per heavy atom. The summed E-state index contributed by atoms with van der Waals surface area (Å²) in [4.78, 5) is 22.5. The maximum Gasteiger partial charge on any atom is 0.253 e. The molecular weight excluding hydrogens is 472 g/mol. The van der Waals surface area contributed by atoms with Crippen LogP contribution in [0.15, 0.2) is 51.7 Å². The fourth-order valence-corrected chi connectivity index (χ4v) is 5.57.